The average molecular weight is 523 g/mol. The van der Waals surface area contributed by atoms with Crippen molar-refractivity contribution < 1.29 is 19.0 Å². The van der Waals surface area contributed by atoms with Crippen molar-refractivity contribution in [2.45, 2.75) is 25.4 Å². The average Bonchev–Trinajstić information content (AvgIpc) is 3.22. The van der Waals surface area contributed by atoms with Crippen LogP contribution in [0.5, 0.6) is 11.5 Å². The van der Waals surface area contributed by atoms with E-state index < -0.39 is 0 Å². The fourth-order valence-electron chi connectivity index (χ4n) is 4.54. The van der Waals surface area contributed by atoms with Crippen molar-refractivity contribution in [3.8, 4) is 22.6 Å². The van der Waals surface area contributed by atoms with Gasteiger partial charge in [0.15, 0.2) is 17.1 Å². The van der Waals surface area contributed by atoms with Gasteiger partial charge in [-0.05, 0) is 35.7 Å². The molecule has 2 heterocycles. The summed E-state index contributed by atoms with van der Waals surface area (Å²) in [5.74, 6) is 1.24. The summed E-state index contributed by atoms with van der Waals surface area (Å²) in [4.78, 5) is 13.1. The molecule has 1 aliphatic rings. The lowest BCUT2D eigenvalue weighted by Crippen LogP contribution is -2.24. The maximum Gasteiger partial charge on any atom is 0.185 e. The van der Waals surface area contributed by atoms with Crippen LogP contribution in [0.15, 0.2) is 46.9 Å². The van der Waals surface area contributed by atoms with Gasteiger partial charge in [-0.3, -0.25) is 4.79 Å². The zero-order valence-corrected chi connectivity index (χ0v) is 20.6. The van der Waals surface area contributed by atoms with Crippen molar-refractivity contribution in [3.05, 3.63) is 69.6 Å². The second kappa shape index (κ2) is 9.15. The quantitative estimate of drug-likeness (QED) is 0.364. The number of carbonyl (C=O) groups is 1. The summed E-state index contributed by atoms with van der Waals surface area (Å²) in [5.41, 5.74) is 5.20. The highest BCUT2D eigenvalue weighted by atomic mass is 79.9. The van der Waals surface area contributed by atoms with Gasteiger partial charge in [-0.25, -0.2) is 4.52 Å². The summed E-state index contributed by atoms with van der Waals surface area (Å²) < 4.78 is 19.1. The van der Waals surface area contributed by atoms with Gasteiger partial charge in [0, 0.05) is 30.0 Å². The molecule has 0 aliphatic heterocycles. The number of ether oxygens (including phenoxy) is 3. The molecule has 1 aliphatic carbocycles. The molecular weight excluding hydrogens is 500 g/mol. The number of methoxy groups -OCH3 is 3. The molecule has 0 N–H and O–H groups in total. The maximum atomic E-state index is 13.1. The lowest BCUT2D eigenvalue weighted by atomic mass is 9.83. The van der Waals surface area contributed by atoms with Gasteiger partial charge in [0.1, 0.15) is 11.5 Å². The molecule has 34 heavy (non-hydrogen) atoms. The normalized spacial score (nSPS) is 15.4. The van der Waals surface area contributed by atoms with E-state index in [0.717, 1.165) is 32.6 Å². The van der Waals surface area contributed by atoms with Gasteiger partial charge >= 0.3 is 0 Å². The minimum atomic E-state index is -0.0838. The smallest absolute Gasteiger partial charge is 0.185 e. The van der Waals surface area contributed by atoms with E-state index in [1.807, 2.05) is 42.5 Å². The summed E-state index contributed by atoms with van der Waals surface area (Å²) >= 11 is 3.48. The van der Waals surface area contributed by atoms with Crippen LogP contribution in [0.4, 0.5) is 0 Å². The number of rotatable bonds is 6. The minimum absolute atomic E-state index is 0.0625. The first-order valence-electron chi connectivity index (χ1n) is 10.8. The van der Waals surface area contributed by atoms with E-state index in [1.54, 1.807) is 25.8 Å². The lowest BCUT2D eigenvalue weighted by Gasteiger charge is -2.24. The number of halogens is 1. The number of benzene rings is 2. The molecule has 8 nitrogen and oxygen atoms in total. The second-order valence-electron chi connectivity index (χ2n) is 8.13. The van der Waals surface area contributed by atoms with Crippen LogP contribution in [0.3, 0.4) is 0 Å². The van der Waals surface area contributed by atoms with E-state index in [2.05, 4.69) is 26.1 Å². The van der Waals surface area contributed by atoms with Crippen LogP contribution in [-0.4, -0.2) is 46.9 Å². The Morgan fingerprint density at radius 3 is 2.53 bits per heavy atom. The Hall–Kier alpha value is -3.30. The zero-order chi connectivity index (χ0) is 23.8. The molecule has 0 spiro atoms. The Bertz CT molecular complexity index is 1380. The molecule has 2 aromatic carbocycles. The molecule has 4 aromatic rings. The predicted molar refractivity (Wildman–Crippen MR) is 130 cm³/mol. The van der Waals surface area contributed by atoms with E-state index >= 15 is 0 Å². The fourth-order valence-corrected chi connectivity index (χ4v) is 4.80. The number of hydrogen-bond donors (Lipinski definition) is 0. The van der Waals surface area contributed by atoms with Gasteiger partial charge in [-0.1, -0.05) is 34.1 Å². The van der Waals surface area contributed by atoms with Crippen molar-refractivity contribution in [2.75, 3.05) is 21.3 Å². The Morgan fingerprint density at radius 1 is 1.03 bits per heavy atom. The SMILES string of the molecule is COCc1nn2c3c(nnc2c1-c1ccc(Br)cc1)C(=O)CC(c1ccc(OC)cc1OC)C3. The van der Waals surface area contributed by atoms with E-state index in [9.17, 15) is 4.79 Å². The summed E-state index contributed by atoms with van der Waals surface area (Å²) in [5, 5.41) is 13.6. The molecule has 0 radical (unpaired) electrons. The fraction of sp³-hybridized carbons (Fsp3) is 0.280. The van der Waals surface area contributed by atoms with Crippen molar-refractivity contribution in [3.63, 3.8) is 0 Å². The van der Waals surface area contributed by atoms with Gasteiger partial charge in [0.2, 0.25) is 0 Å². The number of fused-ring (bicyclic) bond motifs is 3. The molecule has 174 valence electrons. The molecular formula is C25H23BrN4O4. The zero-order valence-electron chi connectivity index (χ0n) is 19.0. The van der Waals surface area contributed by atoms with Gasteiger partial charge in [0.05, 0.1) is 37.8 Å². The predicted octanol–water partition coefficient (Wildman–Crippen LogP) is 4.63. The monoisotopic (exact) mass is 522 g/mol. The van der Waals surface area contributed by atoms with Gasteiger partial charge < -0.3 is 14.2 Å². The first kappa shape index (κ1) is 22.5. The van der Waals surface area contributed by atoms with Crippen LogP contribution < -0.4 is 9.47 Å². The number of hydrogen-bond acceptors (Lipinski definition) is 7. The topological polar surface area (TPSA) is 87.8 Å². The van der Waals surface area contributed by atoms with Gasteiger partial charge in [-0.2, -0.15) is 5.10 Å². The molecule has 9 heteroatoms. The minimum Gasteiger partial charge on any atom is -0.497 e. The molecule has 0 fully saturated rings. The highest BCUT2D eigenvalue weighted by molar-refractivity contribution is 9.10. The van der Waals surface area contributed by atoms with E-state index in [-0.39, 0.29) is 11.7 Å². The van der Waals surface area contributed by atoms with E-state index in [1.165, 1.54) is 0 Å². The van der Waals surface area contributed by atoms with Crippen molar-refractivity contribution >= 4 is 27.4 Å². The Morgan fingerprint density at radius 2 is 1.82 bits per heavy atom. The third kappa shape index (κ3) is 3.84. The summed E-state index contributed by atoms with van der Waals surface area (Å²) in [7, 11) is 4.87. The van der Waals surface area contributed by atoms with Gasteiger partial charge in [0.25, 0.3) is 0 Å². The van der Waals surface area contributed by atoms with E-state index in [0.29, 0.717) is 42.3 Å². The van der Waals surface area contributed by atoms with Gasteiger partial charge in [-0.15, -0.1) is 10.2 Å². The number of carbonyl (C=O) groups excluding carboxylic acids is 1. The first-order valence-corrected chi connectivity index (χ1v) is 11.6. The number of ketones is 1. The Labute approximate surface area is 205 Å². The highest BCUT2D eigenvalue weighted by Crippen LogP contribution is 2.39. The number of Topliss-reactive ketones (excluding diaryl/α,β-unsaturated/α-hetero) is 1. The molecule has 1 atom stereocenters. The standard InChI is InChI=1S/C25H23BrN4O4/c1-32-13-19-23(14-4-6-16(26)7-5-14)25-28-27-24-20(30(25)29-19)10-15(11-21(24)31)18-9-8-17(33-2)12-22(18)34-3/h4-9,12,15H,10-11,13H2,1-3H3. The van der Waals surface area contributed by atoms with Crippen molar-refractivity contribution in [1.29, 1.82) is 0 Å². The largest absolute Gasteiger partial charge is 0.497 e. The van der Waals surface area contributed by atoms with Crippen LogP contribution in [-0.2, 0) is 17.8 Å². The lowest BCUT2D eigenvalue weighted by molar-refractivity contribution is 0.0955. The first-order chi connectivity index (χ1) is 16.5. The van der Waals surface area contributed by atoms with Crippen LogP contribution in [0, 0.1) is 0 Å². The van der Waals surface area contributed by atoms with E-state index in [4.69, 9.17) is 19.3 Å². The molecule has 0 saturated carbocycles. The summed E-state index contributed by atoms with van der Waals surface area (Å²) in [6, 6.07) is 13.6. The third-order valence-electron chi connectivity index (χ3n) is 6.14. The van der Waals surface area contributed by atoms with Crippen LogP contribution in [0.25, 0.3) is 16.8 Å². The van der Waals surface area contributed by atoms with Crippen molar-refractivity contribution in [1.82, 2.24) is 19.8 Å². The Kier molecular flexibility index (Phi) is 6.05. The third-order valence-corrected chi connectivity index (χ3v) is 6.67. The van der Waals surface area contributed by atoms with Crippen LogP contribution in [0.2, 0.25) is 0 Å². The summed E-state index contributed by atoms with van der Waals surface area (Å²) in [6.45, 7) is 0.313. The number of aromatic nitrogens is 4. The molecule has 2 aromatic heterocycles. The molecule has 1 unspecified atom stereocenters. The second-order valence-corrected chi connectivity index (χ2v) is 9.04. The Balaban J connectivity index is 1.65. The highest BCUT2D eigenvalue weighted by Gasteiger charge is 2.33. The van der Waals surface area contributed by atoms with Crippen LogP contribution in [0.1, 0.15) is 39.8 Å². The number of nitrogens with zero attached hydrogens (tertiary/aromatic N) is 4. The summed E-state index contributed by atoms with van der Waals surface area (Å²) in [6.07, 6.45) is 0.894. The maximum absolute atomic E-state index is 13.1. The molecule has 0 saturated heterocycles. The molecule has 0 amide bonds. The van der Waals surface area contributed by atoms with Crippen molar-refractivity contribution in [2.24, 2.45) is 0 Å². The molecule has 5 rings (SSSR count). The van der Waals surface area contributed by atoms with Crippen LogP contribution >= 0.6 is 15.9 Å². The molecule has 0 bridgehead atoms.